The smallest absolute Gasteiger partial charge is 0.337 e. The number of β-amino-alcohol motifs (C(OH)–C–C–N with tert-alkyl or cyclic N) is 1. The molecule has 1 atom stereocenters. The summed E-state index contributed by atoms with van der Waals surface area (Å²) in [5.41, 5.74) is 1.04. The molecule has 1 aromatic carbocycles. The number of aromatic carboxylic acids is 1. The van der Waals surface area contributed by atoms with Crippen LogP contribution in [0.2, 0.25) is 0 Å². The average molecular weight is 419 g/mol. The Balaban J connectivity index is 1.91. The molecule has 10 heteroatoms. The maximum absolute atomic E-state index is 12.8. The molecule has 2 heterocycles. The number of benzene rings is 1. The molecular weight excluding hydrogens is 394 g/mol. The number of rotatable bonds is 9. The molecule has 0 radical (unpaired) electrons. The Bertz CT molecular complexity index is 862. The largest absolute Gasteiger partial charge is 0.478 e. The molecule has 10 nitrogen and oxygen atoms in total. The van der Waals surface area contributed by atoms with Gasteiger partial charge in [0.05, 0.1) is 48.9 Å². The molecule has 2 aliphatic rings. The Labute approximate surface area is 173 Å². The minimum atomic E-state index is -1.12. The van der Waals surface area contributed by atoms with Gasteiger partial charge in [-0.3, -0.25) is 4.79 Å². The van der Waals surface area contributed by atoms with Crippen molar-refractivity contribution >= 4 is 29.2 Å². The van der Waals surface area contributed by atoms with Crippen molar-refractivity contribution in [3.63, 3.8) is 0 Å². The summed E-state index contributed by atoms with van der Waals surface area (Å²) >= 11 is 0. The first-order valence-corrected chi connectivity index (χ1v) is 9.66. The fourth-order valence-corrected chi connectivity index (χ4v) is 3.45. The van der Waals surface area contributed by atoms with Crippen LogP contribution in [0.4, 0.5) is 11.4 Å². The molecule has 0 bridgehead atoms. The summed E-state index contributed by atoms with van der Waals surface area (Å²) in [6, 6.07) is 4.45. The SMILES string of the molecule is COC(=O)C1=C(Nc2cc(C(=O)O)ccc2NCC2CCCO2)C(=O)N(CCO)C1. The highest BCUT2D eigenvalue weighted by molar-refractivity contribution is 6.09. The van der Waals surface area contributed by atoms with Gasteiger partial charge < -0.3 is 35.2 Å². The highest BCUT2D eigenvalue weighted by atomic mass is 16.5. The van der Waals surface area contributed by atoms with Gasteiger partial charge in [0.15, 0.2) is 0 Å². The van der Waals surface area contributed by atoms with E-state index in [-0.39, 0.29) is 42.6 Å². The Kier molecular flexibility index (Phi) is 6.91. The summed E-state index contributed by atoms with van der Waals surface area (Å²) in [7, 11) is 1.21. The van der Waals surface area contributed by atoms with Crippen LogP contribution in [-0.4, -0.2) is 79.0 Å². The predicted molar refractivity (Wildman–Crippen MR) is 107 cm³/mol. The molecule has 30 heavy (non-hydrogen) atoms. The number of anilines is 2. The molecule has 0 aliphatic carbocycles. The molecule has 4 N–H and O–H groups in total. The van der Waals surface area contributed by atoms with Gasteiger partial charge in [-0.05, 0) is 31.0 Å². The summed E-state index contributed by atoms with van der Waals surface area (Å²) in [4.78, 5) is 37.7. The number of nitrogens with one attached hydrogen (secondary N) is 2. The summed E-state index contributed by atoms with van der Waals surface area (Å²) in [5.74, 6) is -2.27. The monoisotopic (exact) mass is 419 g/mol. The average Bonchev–Trinajstić information content (AvgIpc) is 3.36. The number of aliphatic hydroxyl groups is 1. The fraction of sp³-hybridized carbons (Fsp3) is 0.450. The van der Waals surface area contributed by atoms with Crippen LogP contribution in [0.5, 0.6) is 0 Å². The highest BCUT2D eigenvalue weighted by Gasteiger charge is 2.35. The first kappa shape index (κ1) is 21.6. The second kappa shape index (κ2) is 9.59. The topological polar surface area (TPSA) is 137 Å². The van der Waals surface area contributed by atoms with E-state index < -0.39 is 17.8 Å². The zero-order valence-corrected chi connectivity index (χ0v) is 16.6. The maximum atomic E-state index is 12.8. The molecule has 0 aromatic heterocycles. The van der Waals surface area contributed by atoms with Gasteiger partial charge >= 0.3 is 11.9 Å². The molecule has 0 spiro atoms. The van der Waals surface area contributed by atoms with Gasteiger partial charge in [0.2, 0.25) is 0 Å². The van der Waals surface area contributed by atoms with Crippen LogP contribution in [0.3, 0.4) is 0 Å². The summed E-state index contributed by atoms with van der Waals surface area (Å²) < 4.78 is 10.4. The number of esters is 1. The van der Waals surface area contributed by atoms with Crippen LogP contribution in [0.15, 0.2) is 29.5 Å². The van der Waals surface area contributed by atoms with Crippen molar-refractivity contribution in [2.45, 2.75) is 18.9 Å². The van der Waals surface area contributed by atoms with Gasteiger partial charge in [-0.1, -0.05) is 0 Å². The molecule has 162 valence electrons. The molecule has 1 aromatic rings. The Morgan fingerprint density at radius 1 is 1.33 bits per heavy atom. The summed E-state index contributed by atoms with van der Waals surface area (Å²) in [5, 5.41) is 24.7. The number of carbonyl (C=O) groups is 3. The molecule has 3 rings (SSSR count). The Morgan fingerprint density at radius 2 is 2.13 bits per heavy atom. The second-order valence-corrected chi connectivity index (χ2v) is 7.00. The number of methoxy groups -OCH3 is 1. The lowest BCUT2D eigenvalue weighted by Crippen LogP contribution is -2.31. The number of carboxylic acids is 1. The highest BCUT2D eigenvalue weighted by Crippen LogP contribution is 2.29. The van der Waals surface area contributed by atoms with Crippen molar-refractivity contribution in [2.75, 3.05) is 50.6 Å². The number of amides is 1. The fourth-order valence-electron chi connectivity index (χ4n) is 3.45. The standard InChI is InChI=1S/C20H25N3O7/c1-29-20(28)14-11-23(6-7-24)18(25)17(14)22-16-9-12(19(26)27)4-5-15(16)21-10-13-3-2-8-30-13/h4-5,9,13,21-22,24H,2-3,6-8,10-11H2,1H3,(H,26,27). The third kappa shape index (κ3) is 4.71. The van der Waals surface area contributed by atoms with Crippen molar-refractivity contribution < 1.29 is 34.1 Å². The van der Waals surface area contributed by atoms with Crippen LogP contribution in [-0.2, 0) is 19.1 Å². The van der Waals surface area contributed by atoms with E-state index in [0.29, 0.717) is 24.5 Å². The third-order valence-electron chi connectivity index (χ3n) is 5.02. The number of carbonyl (C=O) groups excluding carboxylic acids is 2. The molecule has 1 amide bonds. The summed E-state index contributed by atoms with van der Waals surface area (Å²) in [6.07, 6.45) is 1.96. The van der Waals surface area contributed by atoms with Crippen LogP contribution in [0.1, 0.15) is 23.2 Å². The van der Waals surface area contributed by atoms with Crippen molar-refractivity contribution in [3.05, 3.63) is 35.0 Å². The number of ether oxygens (including phenoxy) is 2. The molecule has 1 saturated heterocycles. The van der Waals surface area contributed by atoms with Gasteiger partial charge in [-0.15, -0.1) is 0 Å². The number of aliphatic hydroxyl groups excluding tert-OH is 1. The second-order valence-electron chi connectivity index (χ2n) is 7.00. The molecule has 1 fully saturated rings. The van der Waals surface area contributed by atoms with E-state index >= 15 is 0 Å². The number of nitrogens with zero attached hydrogens (tertiary/aromatic N) is 1. The van der Waals surface area contributed by atoms with Crippen molar-refractivity contribution in [2.24, 2.45) is 0 Å². The van der Waals surface area contributed by atoms with Gasteiger partial charge in [0.1, 0.15) is 5.70 Å². The lowest BCUT2D eigenvalue weighted by molar-refractivity contribution is -0.136. The number of carboxylic acid groups (broad SMARTS) is 1. The van der Waals surface area contributed by atoms with E-state index in [1.807, 2.05) is 0 Å². The van der Waals surface area contributed by atoms with Crippen molar-refractivity contribution in [1.29, 1.82) is 0 Å². The van der Waals surface area contributed by atoms with E-state index in [1.54, 1.807) is 6.07 Å². The predicted octanol–water partition coefficient (Wildman–Crippen LogP) is 0.649. The molecule has 1 unspecified atom stereocenters. The lowest BCUT2D eigenvalue weighted by Gasteiger charge is -2.18. The number of hydrogen-bond donors (Lipinski definition) is 4. The van der Waals surface area contributed by atoms with Gasteiger partial charge in [0.25, 0.3) is 5.91 Å². The maximum Gasteiger partial charge on any atom is 0.337 e. The molecule has 2 aliphatic heterocycles. The van der Waals surface area contributed by atoms with Gasteiger partial charge in [0, 0.05) is 19.7 Å². The minimum Gasteiger partial charge on any atom is -0.478 e. The van der Waals surface area contributed by atoms with E-state index in [1.165, 1.54) is 24.1 Å². The normalized spacial score (nSPS) is 18.7. The van der Waals surface area contributed by atoms with E-state index in [9.17, 15) is 24.6 Å². The van der Waals surface area contributed by atoms with Gasteiger partial charge in [-0.2, -0.15) is 0 Å². The Hall–Kier alpha value is -3.11. The molecular formula is C20H25N3O7. The van der Waals surface area contributed by atoms with Crippen molar-refractivity contribution in [3.8, 4) is 0 Å². The lowest BCUT2D eigenvalue weighted by atomic mass is 10.1. The van der Waals surface area contributed by atoms with E-state index in [0.717, 1.165) is 12.8 Å². The van der Waals surface area contributed by atoms with Crippen molar-refractivity contribution in [1.82, 2.24) is 4.90 Å². The Morgan fingerprint density at radius 3 is 2.77 bits per heavy atom. The van der Waals surface area contributed by atoms with Gasteiger partial charge in [-0.25, -0.2) is 9.59 Å². The van der Waals surface area contributed by atoms with E-state index in [4.69, 9.17) is 9.47 Å². The zero-order chi connectivity index (χ0) is 21.7. The first-order chi connectivity index (χ1) is 14.4. The van der Waals surface area contributed by atoms with Crippen LogP contribution >= 0.6 is 0 Å². The third-order valence-corrected chi connectivity index (χ3v) is 5.02. The first-order valence-electron chi connectivity index (χ1n) is 9.66. The van der Waals surface area contributed by atoms with E-state index in [2.05, 4.69) is 10.6 Å². The number of hydrogen-bond acceptors (Lipinski definition) is 8. The van der Waals surface area contributed by atoms with Crippen LogP contribution < -0.4 is 10.6 Å². The molecule has 0 saturated carbocycles. The zero-order valence-electron chi connectivity index (χ0n) is 16.6. The van der Waals surface area contributed by atoms with Crippen LogP contribution in [0, 0.1) is 0 Å². The quantitative estimate of drug-likeness (QED) is 0.425. The minimum absolute atomic E-state index is 0.00185. The summed E-state index contributed by atoms with van der Waals surface area (Å²) in [6.45, 7) is 1.03. The van der Waals surface area contributed by atoms with Crippen LogP contribution in [0.25, 0.3) is 0 Å².